The number of nitrogens with one attached hydrogen (secondary N) is 1. The third-order valence-corrected chi connectivity index (χ3v) is 6.27. The second-order valence-corrected chi connectivity index (χ2v) is 7.99. The number of carbonyl (C=O) groups excluding carboxylic acids is 3. The Labute approximate surface area is 159 Å². The van der Waals surface area contributed by atoms with Gasteiger partial charge in [-0.2, -0.15) is 0 Å². The van der Waals surface area contributed by atoms with E-state index in [9.17, 15) is 14.4 Å². The molecule has 0 radical (unpaired) electrons. The quantitative estimate of drug-likeness (QED) is 0.828. The van der Waals surface area contributed by atoms with Gasteiger partial charge in [0.25, 0.3) is 0 Å². The van der Waals surface area contributed by atoms with Crippen LogP contribution in [0.4, 0.5) is 5.69 Å². The van der Waals surface area contributed by atoms with E-state index in [4.69, 9.17) is 0 Å². The Bertz CT molecular complexity index is 689. The number of amides is 3. The molecule has 2 aliphatic heterocycles. The monoisotopic (exact) mass is 369 g/mol. The van der Waals surface area contributed by atoms with Gasteiger partial charge in [0.15, 0.2) is 0 Å². The van der Waals surface area contributed by atoms with Gasteiger partial charge in [-0.15, -0.1) is 0 Å². The van der Waals surface area contributed by atoms with E-state index >= 15 is 0 Å². The molecule has 1 saturated carbocycles. The van der Waals surface area contributed by atoms with Crippen LogP contribution in [0, 0.1) is 17.8 Å². The highest BCUT2D eigenvalue weighted by molar-refractivity contribution is 6.05. The van der Waals surface area contributed by atoms with Crippen molar-refractivity contribution in [3.63, 3.8) is 0 Å². The number of nitrogens with zero attached hydrogens (tertiary/aromatic N) is 2. The third-order valence-electron chi connectivity index (χ3n) is 6.27. The lowest BCUT2D eigenvalue weighted by Crippen LogP contribution is -2.46. The molecule has 144 valence electrons. The summed E-state index contributed by atoms with van der Waals surface area (Å²) in [5, 5.41) is 2.97. The maximum Gasteiger partial charge on any atom is 0.234 e. The third kappa shape index (κ3) is 3.76. The Morgan fingerprint density at radius 1 is 0.926 bits per heavy atom. The predicted octanol–water partition coefficient (Wildman–Crippen LogP) is 2.47. The zero-order valence-corrected chi connectivity index (χ0v) is 15.6. The van der Waals surface area contributed by atoms with Crippen molar-refractivity contribution in [3.8, 4) is 0 Å². The van der Waals surface area contributed by atoms with Gasteiger partial charge in [0, 0.05) is 24.7 Å². The van der Waals surface area contributed by atoms with Crippen LogP contribution in [0.15, 0.2) is 30.3 Å². The summed E-state index contributed by atoms with van der Waals surface area (Å²) in [6.07, 6.45) is 5.32. The zero-order chi connectivity index (χ0) is 18.8. The molecule has 1 aromatic carbocycles. The molecule has 0 bridgehead atoms. The minimum Gasteiger partial charge on any atom is -0.326 e. The number of rotatable bonds is 4. The zero-order valence-electron chi connectivity index (χ0n) is 15.6. The summed E-state index contributed by atoms with van der Waals surface area (Å²) in [5.41, 5.74) is 0.820. The number of anilines is 1. The smallest absolute Gasteiger partial charge is 0.234 e. The van der Waals surface area contributed by atoms with E-state index in [-0.39, 0.29) is 35.5 Å². The van der Waals surface area contributed by atoms with E-state index in [0.717, 1.165) is 57.3 Å². The standard InChI is InChI=1S/C21H27N3O3/c25-19(22-16-6-2-1-3-7-16)15-10-12-23(13-11-15)14-24-20(26)17-8-4-5-9-18(17)21(24)27/h1-3,6-7,15,17-18H,4-5,8-14H2,(H,22,25)/t17-,18+. The van der Waals surface area contributed by atoms with E-state index in [2.05, 4.69) is 10.2 Å². The van der Waals surface area contributed by atoms with Crippen molar-refractivity contribution in [3.05, 3.63) is 30.3 Å². The van der Waals surface area contributed by atoms with Crippen LogP contribution in [0.1, 0.15) is 38.5 Å². The number of para-hydroxylation sites is 1. The summed E-state index contributed by atoms with van der Waals surface area (Å²) in [5.74, 6) is -0.0858. The van der Waals surface area contributed by atoms with Gasteiger partial charge in [0.1, 0.15) is 0 Å². The van der Waals surface area contributed by atoms with E-state index in [1.807, 2.05) is 30.3 Å². The molecule has 1 N–H and O–H groups in total. The molecule has 4 rings (SSSR count). The van der Waals surface area contributed by atoms with Crippen molar-refractivity contribution in [1.82, 2.24) is 9.80 Å². The van der Waals surface area contributed by atoms with Crippen molar-refractivity contribution in [2.45, 2.75) is 38.5 Å². The van der Waals surface area contributed by atoms with Crippen LogP contribution in [0.25, 0.3) is 0 Å². The van der Waals surface area contributed by atoms with Crippen LogP contribution in [-0.4, -0.2) is 47.3 Å². The molecule has 1 aromatic rings. The minimum atomic E-state index is -0.0829. The highest BCUT2D eigenvalue weighted by atomic mass is 16.2. The maximum absolute atomic E-state index is 12.6. The summed E-state index contributed by atoms with van der Waals surface area (Å²) < 4.78 is 0. The summed E-state index contributed by atoms with van der Waals surface area (Å²) in [4.78, 5) is 41.3. The van der Waals surface area contributed by atoms with Crippen LogP contribution < -0.4 is 5.32 Å². The average molecular weight is 369 g/mol. The molecule has 3 amide bonds. The second kappa shape index (κ2) is 7.80. The van der Waals surface area contributed by atoms with Gasteiger partial charge in [0.05, 0.1) is 18.5 Å². The van der Waals surface area contributed by atoms with Crippen molar-refractivity contribution in [2.24, 2.45) is 17.8 Å². The van der Waals surface area contributed by atoms with Crippen LogP contribution in [0.3, 0.4) is 0 Å². The molecule has 2 saturated heterocycles. The normalized spacial score (nSPS) is 26.9. The summed E-state index contributed by atoms with van der Waals surface area (Å²) in [6, 6.07) is 9.50. The first kappa shape index (κ1) is 18.2. The van der Waals surface area contributed by atoms with Crippen molar-refractivity contribution in [2.75, 3.05) is 25.1 Å². The Balaban J connectivity index is 1.29. The molecular weight excluding hydrogens is 342 g/mol. The molecule has 3 aliphatic rings. The first-order chi connectivity index (χ1) is 13.1. The number of carbonyl (C=O) groups is 3. The van der Waals surface area contributed by atoms with E-state index < -0.39 is 0 Å². The first-order valence-electron chi connectivity index (χ1n) is 10.1. The molecule has 1 aliphatic carbocycles. The Kier molecular flexibility index (Phi) is 5.25. The summed E-state index contributed by atoms with van der Waals surface area (Å²) in [6.45, 7) is 1.86. The lowest BCUT2D eigenvalue weighted by atomic mass is 9.81. The average Bonchev–Trinajstić information content (AvgIpc) is 2.94. The van der Waals surface area contributed by atoms with Crippen LogP contribution >= 0.6 is 0 Å². The number of imide groups is 1. The largest absolute Gasteiger partial charge is 0.326 e. The fraction of sp³-hybridized carbons (Fsp3) is 0.571. The Morgan fingerprint density at radius 2 is 1.52 bits per heavy atom. The second-order valence-electron chi connectivity index (χ2n) is 7.99. The lowest BCUT2D eigenvalue weighted by Gasteiger charge is -2.33. The van der Waals surface area contributed by atoms with Crippen molar-refractivity contribution >= 4 is 23.4 Å². The summed E-state index contributed by atoms with van der Waals surface area (Å²) >= 11 is 0. The molecule has 27 heavy (non-hydrogen) atoms. The number of hydrogen-bond donors (Lipinski definition) is 1. The predicted molar refractivity (Wildman–Crippen MR) is 102 cm³/mol. The van der Waals surface area contributed by atoms with Gasteiger partial charge in [-0.1, -0.05) is 31.0 Å². The van der Waals surface area contributed by atoms with Crippen molar-refractivity contribution < 1.29 is 14.4 Å². The molecule has 2 heterocycles. The number of piperidine rings is 1. The SMILES string of the molecule is O=C(Nc1ccccc1)C1CCN(CN2C(=O)[C@H]3CCCC[C@H]3C2=O)CC1. The molecule has 6 heteroatoms. The topological polar surface area (TPSA) is 69.7 Å². The van der Waals surface area contributed by atoms with Gasteiger partial charge in [-0.25, -0.2) is 0 Å². The summed E-state index contributed by atoms with van der Waals surface area (Å²) in [7, 11) is 0. The Morgan fingerprint density at radius 3 is 2.11 bits per heavy atom. The fourth-order valence-corrected chi connectivity index (χ4v) is 4.67. The molecule has 6 nitrogen and oxygen atoms in total. The maximum atomic E-state index is 12.6. The number of benzene rings is 1. The van der Waals surface area contributed by atoms with Gasteiger partial charge in [-0.3, -0.25) is 24.2 Å². The highest BCUT2D eigenvalue weighted by Crippen LogP contribution is 2.38. The van der Waals surface area contributed by atoms with Crippen LogP contribution in [0.5, 0.6) is 0 Å². The first-order valence-corrected chi connectivity index (χ1v) is 10.1. The van der Waals surface area contributed by atoms with E-state index in [1.165, 1.54) is 4.90 Å². The molecule has 0 spiro atoms. The van der Waals surface area contributed by atoms with Gasteiger partial charge < -0.3 is 5.32 Å². The van der Waals surface area contributed by atoms with Gasteiger partial charge >= 0.3 is 0 Å². The molecule has 0 aromatic heterocycles. The van der Waals surface area contributed by atoms with Gasteiger partial charge in [0.2, 0.25) is 17.7 Å². The molecule has 3 fully saturated rings. The number of hydrogen-bond acceptors (Lipinski definition) is 4. The van der Waals surface area contributed by atoms with Crippen molar-refractivity contribution in [1.29, 1.82) is 0 Å². The number of fused-ring (bicyclic) bond motifs is 1. The van der Waals surface area contributed by atoms with E-state index in [0.29, 0.717) is 6.67 Å². The number of likely N-dealkylation sites (tertiary alicyclic amines) is 2. The minimum absolute atomic E-state index is 0.0194. The van der Waals surface area contributed by atoms with Gasteiger partial charge in [-0.05, 0) is 37.8 Å². The Hall–Kier alpha value is -2.21. The van der Waals surface area contributed by atoms with E-state index in [1.54, 1.807) is 0 Å². The molecular formula is C21H27N3O3. The van der Waals surface area contributed by atoms with Crippen LogP contribution in [-0.2, 0) is 14.4 Å². The lowest BCUT2D eigenvalue weighted by molar-refractivity contribution is -0.143. The van der Waals surface area contributed by atoms with Crippen LogP contribution in [0.2, 0.25) is 0 Å². The molecule has 2 atom stereocenters. The highest BCUT2D eigenvalue weighted by Gasteiger charge is 2.48. The molecule has 0 unspecified atom stereocenters. The fourth-order valence-electron chi connectivity index (χ4n) is 4.67.